The molecule has 4 nitrogen and oxygen atoms in total. The lowest BCUT2D eigenvalue weighted by Gasteiger charge is -2.06. The maximum atomic E-state index is 8.94. The molecule has 0 spiro atoms. The van der Waals surface area contributed by atoms with Crippen molar-refractivity contribution >= 4 is 0 Å². The second-order valence-corrected chi connectivity index (χ2v) is 4.28. The molecule has 1 aromatic heterocycles. The Labute approximate surface area is 106 Å². The normalized spacial score (nSPS) is 10.3. The van der Waals surface area contributed by atoms with Crippen molar-refractivity contribution < 1.29 is 4.74 Å². The van der Waals surface area contributed by atoms with Crippen LogP contribution < -0.4 is 4.74 Å². The zero-order chi connectivity index (χ0) is 13.0. The molecule has 0 aliphatic heterocycles. The Morgan fingerprint density at radius 3 is 2.78 bits per heavy atom. The highest BCUT2D eigenvalue weighted by atomic mass is 16.5. The van der Waals surface area contributed by atoms with Crippen molar-refractivity contribution in [2.24, 2.45) is 0 Å². The lowest BCUT2D eigenvalue weighted by Crippen LogP contribution is -2.03. The third-order valence-corrected chi connectivity index (χ3v) is 2.58. The van der Waals surface area contributed by atoms with Crippen LogP contribution in [0.15, 0.2) is 36.5 Å². The van der Waals surface area contributed by atoms with Crippen molar-refractivity contribution in [1.29, 1.82) is 5.26 Å². The summed E-state index contributed by atoms with van der Waals surface area (Å²) in [5.41, 5.74) is 1.40. The van der Waals surface area contributed by atoms with Gasteiger partial charge in [-0.25, -0.2) is 0 Å². The van der Waals surface area contributed by atoms with Gasteiger partial charge in [0, 0.05) is 12.2 Å². The van der Waals surface area contributed by atoms with Gasteiger partial charge < -0.3 is 4.74 Å². The molecule has 2 rings (SSSR count). The molecule has 0 atom stereocenters. The van der Waals surface area contributed by atoms with Gasteiger partial charge in [-0.2, -0.15) is 10.4 Å². The number of benzene rings is 1. The molecule has 0 radical (unpaired) electrons. The highest BCUT2D eigenvalue weighted by molar-refractivity contribution is 5.42. The lowest BCUT2D eigenvalue weighted by molar-refractivity contribution is 0.298. The van der Waals surface area contributed by atoms with Crippen molar-refractivity contribution in [3.63, 3.8) is 0 Å². The standard InChI is InChI=1S/C14H15N3O/c1-11(2)17-8-7-13(16-17)10-18-14-6-4-3-5-12(14)9-15/h3-8,11H,10H2,1-2H3. The van der Waals surface area contributed by atoms with E-state index in [1.165, 1.54) is 0 Å². The molecule has 92 valence electrons. The van der Waals surface area contributed by atoms with Gasteiger partial charge in [-0.1, -0.05) is 12.1 Å². The highest BCUT2D eigenvalue weighted by Gasteiger charge is 2.05. The van der Waals surface area contributed by atoms with E-state index in [2.05, 4.69) is 25.0 Å². The molecule has 18 heavy (non-hydrogen) atoms. The first-order valence-corrected chi connectivity index (χ1v) is 5.86. The molecular weight excluding hydrogens is 226 g/mol. The Bertz CT molecular complexity index is 566. The Kier molecular flexibility index (Phi) is 3.63. The number of hydrogen-bond acceptors (Lipinski definition) is 3. The van der Waals surface area contributed by atoms with Gasteiger partial charge in [0.05, 0.1) is 11.3 Å². The minimum atomic E-state index is 0.338. The predicted molar refractivity (Wildman–Crippen MR) is 68.1 cm³/mol. The quantitative estimate of drug-likeness (QED) is 0.827. The summed E-state index contributed by atoms with van der Waals surface area (Å²) >= 11 is 0. The predicted octanol–water partition coefficient (Wildman–Crippen LogP) is 2.91. The van der Waals surface area contributed by atoms with Crippen molar-refractivity contribution in [2.75, 3.05) is 0 Å². The van der Waals surface area contributed by atoms with E-state index in [-0.39, 0.29) is 0 Å². The van der Waals surface area contributed by atoms with Crippen LogP contribution in [-0.2, 0) is 6.61 Å². The molecule has 1 heterocycles. The average molecular weight is 241 g/mol. The second-order valence-electron chi connectivity index (χ2n) is 4.28. The molecule has 0 unspecified atom stereocenters. The van der Waals surface area contributed by atoms with Crippen molar-refractivity contribution in [3.05, 3.63) is 47.8 Å². The molecule has 0 saturated carbocycles. The maximum absolute atomic E-state index is 8.94. The summed E-state index contributed by atoms with van der Waals surface area (Å²) < 4.78 is 7.49. The summed E-state index contributed by atoms with van der Waals surface area (Å²) in [6, 6.07) is 11.6. The summed E-state index contributed by atoms with van der Waals surface area (Å²) in [6.45, 7) is 4.52. The van der Waals surface area contributed by atoms with Gasteiger partial charge in [-0.05, 0) is 32.0 Å². The first-order valence-electron chi connectivity index (χ1n) is 5.86. The Morgan fingerprint density at radius 2 is 2.11 bits per heavy atom. The van der Waals surface area contributed by atoms with Crippen LogP contribution in [0.3, 0.4) is 0 Å². The number of aromatic nitrogens is 2. The Balaban J connectivity index is 2.05. The SMILES string of the molecule is CC(C)n1ccc(COc2ccccc2C#N)n1. The van der Waals surface area contributed by atoms with Gasteiger partial charge >= 0.3 is 0 Å². The minimum absolute atomic E-state index is 0.338. The fraction of sp³-hybridized carbons (Fsp3) is 0.286. The van der Waals surface area contributed by atoms with E-state index in [0.717, 1.165) is 5.69 Å². The van der Waals surface area contributed by atoms with Gasteiger partial charge in [0.15, 0.2) is 0 Å². The second kappa shape index (κ2) is 5.37. The molecule has 0 amide bonds. The zero-order valence-corrected chi connectivity index (χ0v) is 10.5. The monoisotopic (exact) mass is 241 g/mol. The van der Waals surface area contributed by atoms with Crippen molar-refractivity contribution in [2.45, 2.75) is 26.5 Å². The largest absolute Gasteiger partial charge is 0.486 e. The molecule has 0 aliphatic carbocycles. The van der Waals surface area contributed by atoms with Crippen LogP contribution in [0.4, 0.5) is 0 Å². The molecule has 0 bridgehead atoms. The number of ether oxygens (including phenoxy) is 1. The molecule has 0 saturated heterocycles. The third-order valence-electron chi connectivity index (χ3n) is 2.58. The van der Waals surface area contributed by atoms with Gasteiger partial charge in [0.25, 0.3) is 0 Å². The average Bonchev–Trinajstić information content (AvgIpc) is 2.85. The molecule has 1 aromatic carbocycles. The summed E-state index contributed by atoms with van der Waals surface area (Å²) in [4.78, 5) is 0. The summed E-state index contributed by atoms with van der Waals surface area (Å²) in [5, 5.41) is 13.3. The third kappa shape index (κ3) is 2.69. The molecule has 0 fully saturated rings. The number of hydrogen-bond donors (Lipinski definition) is 0. The molecule has 2 aromatic rings. The van der Waals surface area contributed by atoms with Gasteiger partial charge in [-0.15, -0.1) is 0 Å². The maximum Gasteiger partial charge on any atom is 0.137 e. The lowest BCUT2D eigenvalue weighted by atomic mass is 10.2. The van der Waals surface area contributed by atoms with Crippen LogP contribution in [-0.4, -0.2) is 9.78 Å². The number of para-hydroxylation sites is 1. The summed E-state index contributed by atoms with van der Waals surface area (Å²) in [5.74, 6) is 0.596. The van der Waals surface area contributed by atoms with Crippen LogP contribution in [0.2, 0.25) is 0 Å². The molecule has 0 N–H and O–H groups in total. The molecule has 4 heteroatoms. The van der Waals surface area contributed by atoms with E-state index in [9.17, 15) is 0 Å². The summed E-state index contributed by atoms with van der Waals surface area (Å²) in [6.07, 6.45) is 1.93. The van der Waals surface area contributed by atoms with Crippen LogP contribution in [0.25, 0.3) is 0 Å². The van der Waals surface area contributed by atoms with E-state index < -0.39 is 0 Å². The zero-order valence-electron chi connectivity index (χ0n) is 10.5. The molecular formula is C14H15N3O. The minimum Gasteiger partial charge on any atom is -0.486 e. The van der Waals surface area contributed by atoms with E-state index >= 15 is 0 Å². The van der Waals surface area contributed by atoms with Crippen LogP contribution in [0.5, 0.6) is 5.75 Å². The number of nitriles is 1. The van der Waals surface area contributed by atoms with Crippen molar-refractivity contribution in [3.8, 4) is 11.8 Å². The smallest absolute Gasteiger partial charge is 0.137 e. The topological polar surface area (TPSA) is 50.8 Å². The van der Waals surface area contributed by atoms with Crippen LogP contribution in [0, 0.1) is 11.3 Å². The Hall–Kier alpha value is -2.28. The van der Waals surface area contributed by atoms with Crippen LogP contribution >= 0.6 is 0 Å². The van der Waals surface area contributed by atoms with Gasteiger partial charge in [0.1, 0.15) is 18.4 Å². The first kappa shape index (κ1) is 12.2. The Morgan fingerprint density at radius 1 is 1.33 bits per heavy atom. The van der Waals surface area contributed by atoms with E-state index in [0.29, 0.717) is 24.0 Å². The first-order chi connectivity index (χ1) is 8.70. The fourth-order valence-corrected chi connectivity index (χ4v) is 1.58. The van der Waals surface area contributed by atoms with E-state index in [4.69, 9.17) is 10.00 Å². The van der Waals surface area contributed by atoms with Gasteiger partial charge in [-0.3, -0.25) is 4.68 Å². The number of nitrogens with zero attached hydrogens (tertiary/aromatic N) is 3. The van der Waals surface area contributed by atoms with Crippen molar-refractivity contribution in [1.82, 2.24) is 9.78 Å². The summed E-state index contributed by atoms with van der Waals surface area (Å²) in [7, 11) is 0. The van der Waals surface area contributed by atoms with E-state index in [1.807, 2.05) is 29.1 Å². The van der Waals surface area contributed by atoms with E-state index in [1.54, 1.807) is 12.1 Å². The number of rotatable bonds is 4. The van der Waals surface area contributed by atoms with Gasteiger partial charge in [0.2, 0.25) is 0 Å². The fourth-order valence-electron chi connectivity index (χ4n) is 1.58. The highest BCUT2D eigenvalue weighted by Crippen LogP contribution is 2.17. The van der Waals surface area contributed by atoms with Crippen LogP contribution in [0.1, 0.15) is 31.1 Å². The molecule has 0 aliphatic rings.